The van der Waals surface area contributed by atoms with E-state index < -0.39 is 0 Å². The van der Waals surface area contributed by atoms with Gasteiger partial charge in [0.2, 0.25) is 0 Å². The van der Waals surface area contributed by atoms with E-state index in [1.807, 2.05) is 12.1 Å². The third-order valence-corrected chi connectivity index (χ3v) is 1.53. The van der Waals surface area contributed by atoms with Crippen molar-refractivity contribution >= 4 is 5.82 Å². The van der Waals surface area contributed by atoms with Crippen molar-refractivity contribution in [1.82, 2.24) is 15.0 Å². The van der Waals surface area contributed by atoms with Gasteiger partial charge in [-0.1, -0.05) is 0 Å². The van der Waals surface area contributed by atoms with Gasteiger partial charge in [0.05, 0.1) is 6.20 Å². The van der Waals surface area contributed by atoms with E-state index in [9.17, 15) is 0 Å². The summed E-state index contributed by atoms with van der Waals surface area (Å²) in [6, 6.07) is 3.78. The minimum absolute atomic E-state index is 0.564. The lowest BCUT2D eigenvalue weighted by molar-refractivity contribution is 1.26. The van der Waals surface area contributed by atoms with Crippen LogP contribution in [0.3, 0.4) is 0 Å². The van der Waals surface area contributed by atoms with Gasteiger partial charge in [-0.15, -0.1) is 0 Å². The Morgan fingerprint density at radius 1 is 1.33 bits per heavy atom. The lowest BCUT2D eigenvalue weighted by Crippen LogP contribution is -1.84. The highest BCUT2D eigenvalue weighted by Gasteiger charge is 1.99. The van der Waals surface area contributed by atoms with E-state index >= 15 is 0 Å². The molecule has 0 atom stereocenters. The molecule has 4 heteroatoms. The molecule has 0 aliphatic rings. The van der Waals surface area contributed by atoms with Crippen molar-refractivity contribution < 1.29 is 0 Å². The molecule has 0 bridgehead atoms. The number of hydrogen-bond acceptors (Lipinski definition) is 3. The van der Waals surface area contributed by atoms with Crippen LogP contribution < -0.4 is 5.73 Å². The van der Waals surface area contributed by atoms with E-state index in [-0.39, 0.29) is 0 Å². The maximum atomic E-state index is 5.48. The normalized spacial score (nSPS) is 10.0. The van der Waals surface area contributed by atoms with Gasteiger partial charge >= 0.3 is 0 Å². The SMILES string of the molecule is Nc1cnc(-c2cccnc2)[nH]1. The first-order valence-electron chi connectivity index (χ1n) is 3.57. The van der Waals surface area contributed by atoms with Crippen molar-refractivity contribution in [2.45, 2.75) is 0 Å². The van der Waals surface area contributed by atoms with Gasteiger partial charge in [0.25, 0.3) is 0 Å². The molecular weight excluding hydrogens is 152 g/mol. The summed E-state index contributed by atoms with van der Waals surface area (Å²) in [7, 11) is 0. The largest absolute Gasteiger partial charge is 0.384 e. The van der Waals surface area contributed by atoms with Gasteiger partial charge in [-0.2, -0.15) is 0 Å². The second-order valence-corrected chi connectivity index (χ2v) is 2.43. The van der Waals surface area contributed by atoms with Crippen LogP contribution in [0.4, 0.5) is 5.82 Å². The van der Waals surface area contributed by atoms with Crippen LogP contribution in [0.25, 0.3) is 11.4 Å². The van der Waals surface area contributed by atoms with Crippen LogP contribution in [-0.4, -0.2) is 15.0 Å². The first-order valence-corrected chi connectivity index (χ1v) is 3.57. The lowest BCUT2D eigenvalue weighted by atomic mass is 10.3. The Balaban J connectivity index is 2.45. The smallest absolute Gasteiger partial charge is 0.140 e. The summed E-state index contributed by atoms with van der Waals surface area (Å²) in [5.74, 6) is 1.31. The summed E-state index contributed by atoms with van der Waals surface area (Å²) in [6.07, 6.45) is 5.04. The highest BCUT2D eigenvalue weighted by atomic mass is 15.0. The summed E-state index contributed by atoms with van der Waals surface area (Å²) >= 11 is 0. The molecule has 2 aromatic heterocycles. The molecule has 0 aliphatic heterocycles. The molecule has 0 unspecified atom stereocenters. The van der Waals surface area contributed by atoms with Crippen molar-refractivity contribution in [3.8, 4) is 11.4 Å². The minimum Gasteiger partial charge on any atom is -0.384 e. The van der Waals surface area contributed by atoms with Gasteiger partial charge in [-0.3, -0.25) is 4.98 Å². The monoisotopic (exact) mass is 160 g/mol. The number of H-pyrrole nitrogens is 1. The molecule has 2 heterocycles. The third kappa shape index (κ3) is 1.14. The van der Waals surface area contributed by atoms with Gasteiger partial charge in [0, 0.05) is 18.0 Å². The van der Waals surface area contributed by atoms with Crippen LogP contribution >= 0.6 is 0 Å². The fourth-order valence-corrected chi connectivity index (χ4v) is 0.985. The number of imidazole rings is 1. The van der Waals surface area contributed by atoms with E-state index in [0.717, 1.165) is 11.4 Å². The molecule has 0 radical (unpaired) electrons. The van der Waals surface area contributed by atoms with Crippen molar-refractivity contribution in [2.24, 2.45) is 0 Å². The minimum atomic E-state index is 0.564. The van der Waals surface area contributed by atoms with E-state index in [4.69, 9.17) is 5.73 Å². The second kappa shape index (κ2) is 2.65. The highest BCUT2D eigenvalue weighted by Crippen LogP contribution is 2.13. The van der Waals surface area contributed by atoms with Crippen LogP contribution in [-0.2, 0) is 0 Å². The number of rotatable bonds is 1. The zero-order valence-corrected chi connectivity index (χ0v) is 6.36. The molecule has 0 aliphatic carbocycles. The molecule has 0 spiro atoms. The summed E-state index contributed by atoms with van der Waals surface area (Å²) in [6.45, 7) is 0. The molecule has 0 aromatic carbocycles. The van der Waals surface area contributed by atoms with Crippen molar-refractivity contribution in [3.63, 3.8) is 0 Å². The third-order valence-electron chi connectivity index (χ3n) is 1.53. The number of nitrogens with zero attached hydrogens (tertiary/aromatic N) is 2. The highest BCUT2D eigenvalue weighted by molar-refractivity contribution is 5.55. The Labute approximate surface area is 69.5 Å². The van der Waals surface area contributed by atoms with Crippen LogP contribution in [0.15, 0.2) is 30.7 Å². The first kappa shape index (κ1) is 6.84. The molecule has 0 saturated carbocycles. The topological polar surface area (TPSA) is 67.6 Å². The quantitative estimate of drug-likeness (QED) is 0.655. The molecule has 0 fully saturated rings. The Kier molecular flexibility index (Phi) is 1.51. The van der Waals surface area contributed by atoms with Crippen molar-refractivity contribution in [3.05, 3.63) is 30.7 Å². The average molecular weight is 160 g/mol. The van der Waals surface area contributed by atoms with Crippen molar-refractivity contribution in [1.29, 1.82) is 0 Å². The predicted octanol–water partition coefficient (Wildman–Crippen LogP) is 1.05. The van der Waals surface area contributed by atoms with E-state index in [0.29, 0.717) is 5.82 Å². The van der Waals surface area contributed by atoms with Gasteiger partial charge in [0.15, 0.2) is 0 Å². The van der Waals surface area contributed by atoms with Gasteiger partial charge in [-0.05, 0) is 12.1 Å². The zero-order valence-electron chi connectivity index (χ0n) is 6.36. The maximum absolute atomic E-state index is 5.48. The summed E-state index contributed by atoms with van der Waals surface area (Å²) in [5.41, 5.74) is 6.42. The number of hydrogen-bond donors (Lipinski definition) is 2. The van der Waals surface area contributed by atoms with Gasteiger partial charge in [-0.25, -0.2) is 4.98 Å². The Hall–Kier alpha value is -1.84. The van der Waals surface area contributed by atoms with Crippen LogP contribution in [0, 0.1) is 0 Å². The van der Waals surface area contributed by atoms with Crippen LogP contribution in [0.5, 0.6) is 0 Å². The second-order valence-electron chi connectivity index (χ2n) is 2.43. The molecular formula is C8H8N4. The standard InChI is InChI=1S/C8H8N4/c9-7-5-11-8(12-7)6-2-1-3-10-4-6/h1-5H,9H2,(H,11,12). The van der Waals surface area contributed by atoms with Crippen LogP contribution in [0.2, 0.25) is 0 Å². The molecule has 0 saturated heterocycles. The summed E-state index contributed by atoms with van der Waals surface area (Å²) < 4.78 is 0. The Morgan fingerprint density at radius 3 is 2.83 bits per heavy atom. The number of nitrogens with one attached hydrogen (secondary N) is 1. The Bertz CT molecular complexity index is 366. The predicted molar refractivity (Wildman–Crippen MR) is 46.2 cm³/mol. The molecule has 60 valence electrons. The molecule has 4 nitrogen and oxygen atoms in total. The summed E-state index contributed by atoms with van der Waals surface area (Å²) in [4.78, 5) is 11.0. The van der Waals surface area contributed by atoms with E-state index in [1.54, 1.807) is 18.6 Å². The number of nitrogen functional groups attached to an aromatic ring is 1. The van der Waals surface area contributed by atoms with Crippen LogP contribution in [0.1, 0.15) is 0 Å². The molecule has 2 aromatic rings. The number of anilines is 1. The number of pyridine rings is 1. The Morgan fingerprint density at radius 2 is 2.25 bits per heavy atom. The average Bonchev–Trinajstić information content (AvgIpc) is 2.54. The zero-order chi connectivity index (χ0) is 8.39. The molecule has 2 rings (SSSR count). The first-order chi connectivity index (χ1) is 5.86. The number of aromatic amines is 1. The van der Waals surface area contributed by atoms with Crippen molar-refractivity contribution in [2.75, 3.05) is 5.73 Å². The molecule has 3 N–H and O–H groups in total. The van der Waals surface area contributed by atoms with E-state index in [2.05, 4.69) is 15.0 Å². The number of aromatic nitrogens is 3. The maximum Gasteiger partial charge on any atom is 0.140 e. The fraction of sp³-hybridized carbons (Fsp3) is 0. The number of nitrogens with two attached hydrogens (primary N) is 1. The molecule has 0 amide bonds. The van der Waals surface area contributed by atoms with Gasteiger partial charge < -0.3 is 10.7 Å². The lowest BCUT2D eigenvalue weighted by Gasteiger charge is -1.92. The summed E-state index contributed by atoms with van der Waals surface area (Å²) in [5, 5.41) is 0. The van der Waals surface area contributed by atoms with E-state index in [1.165, 1.54) is 0 Å². The fourth-order valence-electron chi connectivity index (χ4n) is 0.985. The van der Waals surface area contributed by atoms with Gasteiger partial charge in [0.1, 0.15) is 11.6 Å². The molecule has 12 heavy (non-hydrogen) atoms.